The Morgan fingerprint density at radius 1 is 1.20 bits per heavy atom. The quantitative estimate of drug-likeness (QED) is 0.414. The maximum absolute atomic E-state index is 12.5. The molecule has 0 fully saturated rings. The highest BCUT2D eigenvalue weighted by Gasteiger charge is 2.15. The summed E-state index contributed by atoms with van der Waals surface area (Å²) < 4.78 is 24.1. The van der Waals surface area contributed by atoms with Gasteiger partial charge in [0.25, 0.3) is 0 Å². The zero-order valence-electron chi connectivity index (χ0n) is 16.8. The molecule has 0 spiro atoms. The predicted octanol–water partition coefficient (Wildman–Crippen LogP) is 5.09. The fraction of sp³-hybridized carbons (Fsp3) is 0.190. The molecule has 1 unspecified atom stereocenters. The summed E-state index contributed by atoms with van der Waals surface area (Å²) in [6.07, 6.45) is 4.11. The first kappa shape index (κ1) is 23.1. The van der Waals surface area contributed by atoms with Crippen molar-refractivity contribution in [2.45, 2.75) is 20.3 Å². The molecule has 1 heterocycles. The summed E-state index contributed by atoms with van der Waals surface area (Å²) in [4.78, 5) is 23.2. The van der Waals surface area contributed by atoms with E-state index in [-0.39, 0.29) is 28.1 Å². The smallest absolute Gasteiger partial charge is 0.216 e. The van der Waals surface area contributed by atoms with E-state index in [0.717, 1.165) is 6.26 Å². The number of hydrogen-bond donors (Lipinski definition) is 4. The minimum absolute atomic E-state index is 0.0153. The van der Waals surface area contributed by atoms with Crippen molar-refractivity contribution in [3.05, 3.63) is 59.0 Å². The van der Waals surface area contributed by atoms with Crippen LogP contribution in [0.5, 0.6) is 11.5 Å². The minimum atomic E-state index is -2.79. The van der Waals surface area contributed by atoms with Crippen LogP contribution in [0.2, 0.25) is 0 Å². The van der Waals surface area contributed by atoms with Gasteiger partial charge in [0.1, 0.15) is 23.3 Å². The summed E-state index contributed by atoms with van der Waals surface area (Å²) in [6.45, 7) is 4.25. The Morgan fingerprint density at radius 3 is 2.47 bits per heavy atom. The monoisotopic (exact) mass is 432 g/mol. The lowest BCUT2D eigenvalue weighted by Gasteiger charge is -2.18. The van der Waals surface area contributed by atoms with E-state index in [0.29, 0.717) is 12.2 Å². The average molecular weight is 432 g/mol. The van der Waals surface area contributed by atoms with E-state index in [9.17, 15) is 14.1 Å². The minimum Gasteiger partial charge on any atom is -0.462 e. The molecular weight excluding hydrogens is 408 g/mol. The number of ether oxygens (including phenoxy) is 1. The van der Waals surface area contributed by atoms with Crippen molar-refractivity contribution in [1.82, 2.24) is 0 Å². The molecule has 0 saturated carbocycles. The molecule has 0 aliphatic heterocycles. The summed E-state index contributed by atoms with van der Waals surface area (Å²) >= 11 is 0. The molecule has 1 amide bonds. The number of aliphatic hydroxyl groups is 1. The van der Waals surface area contributed by atoms with E-state index in [1.54, 1.807) is 29.6 Å². The van der Waals surface area contributed by atoms with Crippen molar-refractivity contribution in [3.8, 4) is 16.9 Å². The lowest BCUT2D eigenvalue weighted by Crippen LogP contribution is -2.10. The molecule has 0 saturated heterocycles. The van der Waals surface area contributed by atoms with Gasteiger partial charge in [-0.25, -0.2) is 0 Å². The Hall–Kier alpha value is -3.23. The second-order valence-electron chi connectivity index (χ2n) is 6.28. The Kier molecular flexibility index (Phi) is 8.08. The molecule has 4 N–H and O–H groups in total. The Bertz CT molecular complexity index is 1180. The van der Waals surface area contributed by atoms with Crippen molar-refractivity contribution >= 4 is 38.7 Å². The third-order valence-electron chi connectivity index (χ3n) is 3.55. The van der Waals surface area contributed by atoms with Gasteiger partial charge in [-0.2, -0.15) is 0 Å². The second kappa shape index (κ2) is 10.5. The molecule has 0 bridgehead atoms. The Balaban J connectivity index is 0.00000101. The molecule has 2 aromatic carbocycles. The number of benzene rings is 2. The van der Waals surface area contributed by atoms with Gasteiger partial charge in [0.15, 0.2) is 5.75 Å². The third kappa shape index (κ3) is 5.88. The van der Waals surface area contributed by atoms with Crippen molar-refractivity contribution in [3.63, 3.8) is 0 Å². The predicted molar refractivity (Wildman–Crippen MR) is 120 cm³/mol. The van der Waals surface area contributed by atoms with Gasteiger partial charge in [-0.05, 0) is 18.2 Å². The molecule has 3 aromatic rings. The van der Waals surface area contributed by atoms with E-state index in [1.165, 1.54) is 24.8 Å². The molecule has 9 heteroatoms. The van der Waals surface area contributed by atoms with Crippen molar-refractivity contribution < 1.29 is 23.6 Å². The summed E-state index contributed by atoms with van der Waals surface area (Å²) in [5.41, 5.74) is 0.0189. The van der Waals surface area contributed by atoms with E-state index in [2.05, 4.69) is 23.9 Å². The van der Waals surface area contributed by atoms with Gasteiger partial charge in [-0.15, -0.1) is 0 Å². The highest BCUT2D eigenvalue weighted by molar-refractivity contribution is 8.19. The summed E-state index contributed by atoms with van der Waals surface area (Å²) in [6, 6.07) is 11.7. The number of aliphatic hydroxyl groups excluding tert-OH is 1. The fourth-order valence-corrected chi connectivity index (χ4v) is 2.97. The first-order valence-electron chi connectivity index (χ1n) is 9.07. The Labute approximate surface area is 175 Å². The number of carbonyl (C=O) groups excluding carboxylic acids is 1. The molecule has 3 rings (SSSR count). The standard InChI is InChI=1S/C18H16N2O6S.C3H8/c1-27(24,11-22)20-14-8-16-13(18(23)15(9-25-16)19-10-21)7-17(14)26-12-5-3-2-4-6-12;1-3-2/h2-10,20,22,24H,1H3,(H,19,21);3H2,1-2H3. The van der Waals surface area contributed by atoms with Crippen LogP contribution in [0.4, 0.5) is 11.4 Å². The number of carbonyl (C=O) groups is 1. The topological polar surface area (TPSA) is 121 Å². The number of anilines is 2. The fourth-order valence-electron chi connectivity index (χ4n) is 2.34. The molecular formula is C21H24N2O6S. The van der Waals surface area contributed by atoms with Crippen molar-refractivity contribution in [1.29, 1.82) is 0 Å². The van der Waals surface area contributed by atoms with Crippen LogP contribution >= 0.6 is 9.90 Å². The van der Waals surface area contributed by atoms with Crippen LogP contribution in [0.25, 0.3) is 11.0 Å². The number of amides is 1. The molecule has 8 nitrogen and oxygen atoms in total. The van der Waals surface area contributed by atoms with Gasteiger partial charge in [0.05, 0.1) is 16.4 Å². The number of fused-ring (bicyclic) bond motifs is 1. The lowest BCUT2D eigenvalue weighted by molar-refractivity contribution is -0.105. The van der Waals surface area contributed by atoms with Crippen LogP contribution in [-0.2, 0) is 4.79 Å². The van der Waals surface area contributed by atoms with Crippen LogP contribution in [0.1, 0.15) is 20.3 Å². The van der Waals surface area contributed by atoms with Gasteiger partial charge in [0.2, 0.25) is 11.8 Å². The number of para-hydroxylation sites is 1. The van der Waals surface area contributed by atoms with Crippen molar-refractivity contribution in [2.24, 2.45) is 0 Å². The highest BCUT2D eigenvalue weighted by atomic mass is 32.2. The first-order chi connectivity index (χ1) is 14.3. The van der Waals surface area contributed by atoms with Crippen LogP contribution < -0.4 is 20.2 Å². The largest absolute Gasteiger partial charge is 0.462 e. The molecule has 0 radical (unpaired) electrons. The lowest BCUT2D eigenvalue weighted by atomic mass is 10.2. The van der Waals surface area contributed by atoms with Crippen LogP contribution in [-0.4, -0.2) is 22.3 Å². The zero-order valence-corrected chi connectivity index (χ0v) is 17.7. The van der Waals surface area contributed by atoms with E-state index in [1.807, 2.05) is 6.07 Å². The SMILES string of the molecule is CCC.CS(O)(#CO)Nc1cc2occ(NC=O)c(=O)c2cc1Oc1ccccc1. The van der Waals surface area contributed by atoms with Gasteiger partial charge in [-0.1, -0.05) is 38.5 Å². The molecule has 1 atom stereocenters. The molecule has 30 heavy (non-hydrogen) atoms. The second-order valence-corrected chi connectivity index (χ2v) is 8.41. The molecule has 1 aromatic heterocycles. The van der Waals surface area contributed by atoms with Crippen LogP contribution in [0.3, 0.4) is 0 Å². The average Bonchev–Trinajstić information content (AvgIpc) is 2.72. The molecule has 0 aliphatic carbocycles. The van der Waals surface area contributed by atoms with E-state index in [4.69, 9.17) is 14.3 Å². The van der Waals surface area contributed by atoms with Gasteiger partial charge >= 0.3 is 0 Å². The van der Waals surface area contributed by atoms with Crippen LogP contribution in [0, 0.1) is 5.37 Å². The molecule has 160 valence electrons. The van der Waals surface area contributed by atoms with Crippen LogP contribution in [0.15, 0.2) is 57.9 Å². The first-order valence-corrected chi connectivity index (χ1v) is 11.1. The maximum atomic E-state index is 12.5. The van der Waals surface area contributed by atoms with Gasteiger partial charge in [-0.3, -0.25) is 9.59 Å². The highest BCUT2D eigenvalue weighted by Crippen LogP contribution is 2.37. The third-order valence-corrected chi connectivity index (χ3v) is 4.52. The summed E-state index contributed by atoms with van der Waals surface area (Å²) in [5.74, 6) is 0.713. The summed E-state index contributed by atoms with van der Waals surface area (Å²) in [7, 11) is -2.79. The Morgan fingerprint density at radius 2 is 1.87 bits per heavy atom. The van der Waals surface area contributed by atoms with Crippen molar-refractivity contribution in [2.75, 3.05) is 16.3 Å². The number of nitrogens with one attached hydrogen (secondary N) is 2. The molecule has 0 aliphatic rings. The van der Waals surface area contributed by atoms with E-state index < -0.39 is 15.3 Å². The van der Waals surface area contributed by atoms with Gasteiger partial charge < -0.3 is 28.9 Å². The van der Waals surface area contributed by atoms with E-state index >= 15 is 0 Å². The normalized spacial score (nSPS) is 12.0. The number of hydrogen-bond acceptors (Lipinski definition) is 7. The van der Waals surface area contributed by atoms with Gasteiger partial charge in [0, 0.05) is 22.2 Å². The summed E-state index contributed by atoms with van der Waals surface area (Å²) in [5, 5.41) is 13.4. The zero-order chi connectivity index (χ0) is 22.1. The maximum Gasteiger partial charge on any atom is 0.216 e. The number of rotatable bonds is 5.